The molecule has 1 aliphatic rings. The fraction of sp³-hybridized carbons (Fsp3) is 0.389. The van der Waals surface area contributed by atoms with Gasteiger partial charge in [0.15, 0.2) is 0 Å². The smallest absolute Gasteiger partial charge is 0.341 e. The number of nitrogens with one attached hydrogen (secondary N) is 1. The molecule has 1 atom stereocenters. The molecule has 0 aromatic heterocycles. The highest BCUT2D eigenvalue weighted by atomic mass is 16.6. The van der Waals surface area contributed by atoms with Crippen LogP contribution < -0.4 is 5.48 Å². The molecule has 23 heavy (non-hydrogen) atoms. The number of hydrogen-bond donors (Lipinski definition) is 1. The maximum atomic E-state index is 12.0. The molecule has 0 spiro atoms. The molecule has 5 nitrogen and oxygen atoms in total. The van der Waals surface area contributed by atoms with Crippen LogP contribution in [0.5, 0.6) is 0 Å². The third-order valence-electron chi connectivity index (χ3n) is 3.82. The summed E-state index contributed by atoms with van der Waals surface area (Å²) in [5, 5.41) is 0. The first kappa shape index (κ1) is 17.1. The highest BCUT2D eigenvalue weighted by Gasteiger charge is 2.24. The van der Waals surface area contributed by atoms with Gasteiger partial charge < -0.3 is 9.47 Å². The van der Waals surface area contributed by atoms with Crippen molar-refractivity contribution in [2.24, 2.45) is 0 Å². The van der Waals surface area contributed by atoms with Gasteiger partial charge in [-0.1, -0.05) is 24.1 Å². The lowest BCUT2D eigenvalue weighted by molar-refractivity contribution is -0.133. The maximum Gasteiger partial charge on any atom is 0.341 e. The second-order valence-corrected chi connectivity index (χ2v) is 5.25. The number of aryl methyl sites for hydroxylation is 1. The molecule has 0 heterocycles. The monoisotopic (exact) mass is 315 g/mol. The van der Waals surface area contributed by atoms with E-state index in [1.165, 1.54) is 26.0 Å². The molecule has 0 saturated carbocycles. The predicted octanol–water partition coefficient (Wildman–Crippen LogP) is 1.86. The molecule has 0 fully saturated rings. The number of fused-ring (bicyclic) bond motifs is 1. The van der Waals surface area contributed by atoms with Crippen LogP contribution in [0.4, 0.5) is 0 Å². The van der Waals surface area contributed by atoms with Gasteiger partial charge >= 0.3 is 5.97 Å². The van der Waals surface area contributed by atoms with E-state index in [1.54, 1.807) is 0 Å². The van der Waals surface area contributed by atoms with Crippen molar-refractivity contribution in [2.75, 3.05) is 20.8 Å². The maximum absolute atomic E-state index is 12.0. The zero-order valence-corrected chi connectivity index (χ0v) is 13.4. The fourth-order valence-electron chi connectivity index (χ4n) is 2.79. The summed E-state index contributed by atoms with van der Waals surface area (Å²) in [6.45, 7) is 0.224. The molecular weight excluding hydrogens is 294 g/mol. The van der Waals surface area contributed by atoms with Crippen LogP contribution in [0, 0.1) is 12.3 Å². The van der Waals surface area contributed by atoms with Crippen LogP contribution in [0.25, 0.3) is 5.57 Å². The number of benzene rings is 1. The van der Waals surface area contributed by atoms with Gasteiger partial charge in [0.1, 0.15) is 12.2 Å². The topological polar surface area (TPSA) is 56.8 Å². The van der Waals surface area contributed by atoms with E-state index in [0.717, 1.165) is 30.4 Å². The minimum Gasteiger partial charge on any atom is -0.503 e. The number of terminal acetylenes is 1. The Morgan fingerprint density at radius 1 is 1.48 bits per heavy atom. The first-order valence-corrected chi connectivity index (χ1v) is 7.44. The van der Waals surface area contributed by atoms with Gasteiger partial charge in [-0.05, 0) is 36.0 Å². The predicted molar refractivity (Wildman–Crippen MR) is 87.2 cm³/mol. The number of rotatable bonds is 6. The molecule has 1 aromatic rings. The third-order valence-corrected chi connectivity index (χ3v) is 3.82. The molecule has 0 amide bonds. The summed E-state index contributed by atoms with van der Waals surface area (Å²) < 4.78 is 9.92. The Labute approximate surface area is 136 Å². The molecule has 1 aliphatic carbocycles. The van der Waals surface area contributed by atoms with Crippen LogP contribution in [-0.2, 0) is 31.9 Å². The van der Waals surface area contributed by atoms with Gasteiger partial charge in [-0.15, -0.1) is 6.42 Å². The van der Waals surface area contributed by atoms with Crippen LogP contribution in [0.2, 0.25) is 0 Å². The van der Waals surface area contributed by atoms with Crippen LogP contribution in [0.1, 0.15) is 23.1 Å². The Bertz CT molecular complexity index is 630. The molecule has 5 heteroatoms. The van der Waals surface area contributed by atoms with Gasteiger partial charge in [0.25, 0.3) is 0 Å². The first-order chi connectivity index (χ1) is 11.2. The Hall–Kier alpha value is -2.29. The average Bonchev–Trinajstić information content (AvgIpc) is 2.59. The first-order valence-electron chi connectivity index (χ1n) is 7.44. The van der Waals surface area contributed by atoms with Gasteiger partial charge in [0.05, 0.1) is 20.5 Å². The van der Waals surface area contributed by atoms with Crippen LogP contribution in [0.3, 0.4) is 0 Å². The van der Waals surface area contributed by atoms with Gasteiger partial charge in [0.2, 0.25) is 0 Å². The number of hydroxylamine groups is 1. The Morgan fingerprint density at radius 2 is 2.30 bits per heavy atom. The number of hydrogen-bond acceptors (Lipinski definition) is 5. The van der Waals surface area contributed by atoms with Crippen molar-refractivity contribution in [3.8, 4) is 12.3 Å². The van der Waals surface area contributed by atoms with E-state index in [2.05, 4.69) is 17.5 Å². The zero-order valence-electron chi connectivity index (χ0n) is 13.4. The van der Waals surface area contributed by atoms with E-state index in [0.29, 0.717) is 5.57 Å². The van der Waals surface area contributed by atoms with E-state index in [-0.39, 0.29) is 12.6 Å². The normalized spacial score (nSPS) is 17.1. The van der Waals surface area contributed by atoms with Crippen molar-refractivity contribution < 1.29 is 19.1 Å². The van der Waals surface area contributed by atoms with Gasteiger partial charge in [-0.25, -0.2) is 4.79 Å². The molecule has 122 valence electrons. The Morgan fingerprint density at radius 3 is 3.00 bits per heavy atom. The standard InChI is InChI=1S/C18H21NO4/c1-4-10-23-19-14-9-8-13-6-5-7-15(16(13)11-14)17(12-21-2)18(20)22-3/h1,5-7,12,14,19H,8-11H2,2-3H3/b17-12+. The molecule has 0 saturated heterocycles. The minimum absolute atomic E-state index is 0.151. The van der Waals surface area contributed by atoms with E-state index in [1.807, 2.05) is 12.1 Å². The number of carbonyl (C=O) groups excluding carboxylic acids is 1. The van der Waals surface area contributed by atoms with E-state index in [4.69, 9.17) is 20.7 Å². The van der Waals surface area contributed by atoms with Crippen LogP contribution in [-0.4, -0.2) is 32.8 Å². The molecule has 2 rings (SSSR count). The minimum atomic E-state index is -0.418. The lowest BCUT2D eigenvalue weighted by Gasteiger charge is -2.27. The summed E-state index contributed by atoms with van der Waals surface area (Å²) in [7, 11) is 2.87. The summed E-state index contributed by atoms with van der Waals surface area (Å²) in [4.78, 5) is 17.3. The highest BCUT2D eigenvalue weighted by Crippen LogP contribution is 2.29. The van der Waals surface area contributed by atoms with Crippen molar-refractivity contribution in [3.63, 3.8) is 0 Å². The van der Waals surface area contributed by atoms with Crippen molar-refractivity contribution in [3.05, 3.63) is 41.2 Å². The number of methoxy groups -OCH3 is 2. The molecule has 1 aromatic carbocycles. The molecular formula is C18H21NO4. The van der Waals surface area contributed by atoms with Gasteiger partial charge in [-0.2, -0.15) is 5.48 Å². The lowest BCUT2D eigenvalue weighted by atomic mass is 9.84. The largest absolute Gasteiger partial charge is 0.503 e. The second-order valence-electron chi connectivity index (χ2n) is 5.25. The van der Waals surface area contributed by atoms with Gasteiger partial charge in [0, 0.05) is 6.04 Å². The van der Waals surface area contributed by atoms with Crippen LogP contribution in [0.15, 0.2) is 24.5 Å². The molecule has 1 unspecified atom stereocenters. The van der Waals surface area contributed by atoms with E-state index < -0.39 is 5.97 Å². The summed E-state index contributed by atoms with van der Waals surface area (Å²) >= 11 is 0. The van der Waals surface area contributed by atoms with Crippen LogP contribution >= 0.6 is 0 Å². The van der Waals surface area contributed by atoms with Crippen molar-refractivity contribution in [2.45, 2.75) is 25.3 Å². The van der Waals surface area contributed by atoms with E-state index in [9.17, 15) is 4.79 Å². The SMILES string of the molecule is C#CCONC1CCc2cccc(/C(=C\OC)C(=O)OC)c2C1. The fourth-order valence-corrected chi connectivity index (χ4v) is 2.79. The number of ether oxygens (including phenoxy) is 2. The van der Waals surface area contributed by atoms with Crippen molar-refractivity contribution >= 4 is 11.5 Å². The third kappa shape index (κ3) is 4.13. The lowest BCUT2D eigenvalue weighted by Crippen LogP contribution is -2.35. The summed E-state index contributed by atoms with van der Waals surface area (Å²) in [5.74, 6) is 2.01. The van der Waals surface area contributed by atoms with Gasteiger partial charge in [-0.3, -0.25) is 4.84 Å². The Kier molecular flexibility index (Phi) is 6.21. The number of carbonyl (C=O) groups is 1. The van der Waals surface area contributed by atoms with Crippen molar-refractivity contribution in [1.29, 1.82) is 0 Å². The summed E-state index contributed by atoms with van der Waals surface area (Å²) in [6.07, 6.45) is 9.20. The Balaban J connectivity index is 2.29. The molecule has 0 radical (unpaired) electrons. The highest BCUT2D eigenvalue weighted by molar-refractivity contribution is 6.16. The summed E-state index contributed by atoms with van der Waals surface area (Å²) in [6, 6.07) is 6.09. The quantitative estimate of drug-likeness (QED) is 0.217. The molecule has 0 bridgehead atoms. The average molecular weight is 315 g/mol. The van der Waals surface area contributed by atoms with Crippen molar-refractivity contribution in [1.82, 2.24) is 5.48 Å². The second kappa shape index (κ2) is 8.37. The molecule has 0 aliphatic heterocycles. The summed E-state index contributed by atoms with van der Waals surface area (Å²) in [5.41, 5.74) is 6.57. The van der Waals surface area contributed by atoms with E-state index >= 15 is 0 Å². The molecule has 1 N–H and O–H groups in total. The zero-order chi connectivity index (χ0) is 16.7. The number of esters is 1.